The van der Waals surface area contributed by atoms with Crippen LogP contribution in [0.4, 0.5) is 0 Å². The molecule has 0 unspecified atom stereocenters. The molecule has 3 nitrogen and oxygen atoms in total. The van der Waals surface area contributed by atoms with Gasteiger partial charge in [0.1, 0.15) is 17.3 Å². The van der Waals surface area contributed by atoms with E-state index in [-0.39, 0.29) is 35.1 Å². The fourth-order valence-corrected chi connectivity index (χ4v) is 1.97. The molecule has 0 aliphatic carbocycles. The number of carbonyl (C=O) groups is 3. The van der Waals surface area contributed by atoms with E-state index in [1.165, 1.54) is 0 Å². The van der Waals surface area contributed by atoms with E-state index in [4.69, 9.17) is 0 Å². The van der Waals surface area contributed by atoms with Gasteiger partial charge in [-0.1, -0.05) is 65.0 Å². The van der Waals surface area contributed by atoms with Gasteiger partial charge < -0.3 is 0 Å². The topological polar surface area (TPSA) is 51.2 Å². The predicted molar refractivity (Wildman–Crippen MR) is 98.9 cm³/mol. The number of hydrogen-bond acceptors (Lipinski definition) is 3. The first-order valence-electron chi connectivity index (χ1n) is 8.78. The van der Waals surface area contributed by atoms with E-state index in [0.717, 1.165) is 5.56 Å². The monoisotopic (exact) mass is 332 g/mol. The number of ketones is 3. The summed E-state index contributed by atoms with van der Waals surface area (Å²) in [6, 6.07) is 9.91. The van der Waals surface area contributed by atoms with Crippen molar-refractivity contribution in [2.24, 2.45) is 17.8 Å². The van der Waals surface area contributed by atoms with Crippen molar-refractivity contribution >= 4 is 17.3 Å². The number of benzene rings is 1. The maximum atomic E-state index is 11.9. The van der Waals surface area contributed by atoms with Crippen molar-refractivity contribution in [3.63, 3.8) is 0 Å². The van der Waals surface area contributed by atoms with Crippen molar-refractivity contribution in [2.45, 2.75) is 60.8 Å². The summed E-state index contributed by atoms with van der Waals surface area (Å²) in [5, 5.41) is 0. The highest BCUT2D eigenvalue weighted by Gasteiger charge is 2.22. The maximum Gasteiger partial charge on any atom is 0.136 e. The van der Waals surface area contributed by atoms with Crippen LogP contribution in [0.25, 0.3) is 0 Å². The smallest absolute Gasteiger partial charge is 0.136 e. The summed E-state index contributed by atoms with van der Waals surface area (Å²) < 4.78 is 0. The zero-order valence-electron chi connectivity index (χ0n) is 16.0. The Morgan fingerprint density at radius 3 is 1.75 bits per heavy atom. The quantitative estimate of drug-likeness (QED) is 0.695. The molecule has 1 rings (SSSR count). The van der Waals surface area contributed by atoms with Crippen LogP contribution in [0.3, 0.4) is 0 Å². The minimum Gasteiger partial charge on any atom is -0.300 e. The van der Waals surface area contributed by atoms with E-state index in [2.05, 4.69) is 0 Å². The van der Waals surface area contributed by atoms with Gasteiger partial charge in [0.15, 0.2) is 0 Å². The largest absolute Gasteiger partial charge is 0.300 e. The van der Waals surface area contributed by atoms with Gasteiger partial charge in [0.25, 0.3) is 0 Å². The average Bonchev–Trinajstić information content (AvgIpc) is 2.54. The Kier molecular flexibility index (Phi) is 10.9. The van der Waals surface area contributed by atoms with E-state index in [1.807, 2.05) is 65.0 Å². The summed E-state index contributed by atoms with van der Waals surface area (Å²) in [5.74, 6) is 0.686. The van der Waals surface area contributed by atoms with Crippen LogP contribution in [0.1, 0.15) is 59.9 Å². The highest BCUT2D eigenvalue weighted by atomic mass is 16.1. The Balaban J connectivity index is 0.000000754. The van der Waals surface area contributed by atoms with Crippen molar-refractivity contribution in [2.75, 3.05) is 0 Å². The number of rotatable bonds is 8. The molecule has 134 valence electrons. The molecule has 0 bridgehead atoms. The Labute approximate surface area is 146 Å². The van der Waals surface area contributed by atoms with Crippen molar-refractivity contribution in [1.82, 2.24) is 0 Å². The third kappa shape index (κ3) is 9.39. The second-order valence-electron chi connectivity index (χ2n) is 6.80. The summed E-state index contributed by atoms with van der Waals surface area (Å²) in [7, 11) is 0. The van der Waals surface area contributed by atoms with Gasteiger partial charge in [0, 0.05) is 30.6 Å². The number of hydrogen-bond donors (Lipinski definition) is 0. The molecule has 0 saturated carbocycles. The molecule has 24 heavy (non-hydrogen) atoms. The lowest BCUT2D eigenvalue weighted by atomic mass is 9.87. The zero-order valence-corrected chi connectivity index (χ0v) is 16.0. The van der Waals surface area contributed by atoms with E-state index >= 15 is 0 Å². The van der Waals surface area contributed by atoms with Gasteiger partial charge in [-0.3, -0.25) is 14.4 Å². The fraction of sp³-hybridized carbons (Fsp3) is 0.571. The standard InChI is InChI=1S/C16H22O2.C5H10O/c1-4-15(17)14(11-16(18)12(2)3)10-13-8-6-5-7-9-13;1-4(2)5(3)6/h5-9,12,14H,4,10-11H2,1-3H3;4H,1-3H3/t14-;/m1./s1. The van der Waals surface area contributed by atoms with Crippen molar-refractivity contribution in [3.05, 3.63) is 35.9 Å². The Morgan fingerprint density at radius 2 is 1.38 bits per heavy atom. The predicted octanol–water partition coefficient (Wildman–Crippen LogP) is 4.67. The van der Waals surface area contributed by atoms with Crippen LogP contribution >= 0.6 is 0 Å². The summed E-state index contributed by atoms with van der Waals surface area (Å²) >= 11 is 0. The molecule has 1 aromatic rings. The summed E-state index contributed by atoms with van der Waals surface area (Å²) in [4.78, 5) is 33.9. The molecule has 1 atom stereocenters. The summed E-state index contributed by atoms with van der Waals surface area (Å²) in [6.07, 6.45) is 1.55. The molecule has 0 saturated heterocycles. The van der Waals surface area contributed by atoms with Gasteiger partial charge in [-0.25, -0.2) is 0 Å². The third-order valence-electron chi connectivity index (χ3n) is 4.03. The van der Waals surface area contributed by atoms with Crippen molar-refractivity contribution in [3.8, 4) is 0 Å². The molecule has 0 aliphatic rings. The van der Waals surface area contributed by atoms with Crippen LogP contribution in [0, 0.1) is 17.8 Å². The van der Waals surface area contributed by atoms with Gasteiger partial charge in [0.05, 0.1) is 0 Å². The van der Waals surface area contributed by atoms with E-state index in [9.17, 15) is 14.4 Å². The minimum absolute atomic E-state index is 0.00734. The van der Waals surface area contributed by atoms with Gasteiger partial charge >= 0.3 is 0 Å². The minimum atomic E-state index is -0.160. The highest BCUT2D eigenvalue weighted by Crippen LogP contribution is 2.17. The fourth-order valence-electron chi connectivity index (χ4n) is 1.97. The molecule has 0 radical (unpaired) electrons. The third-order valence-corrected chi connectivity index (χ3v) is 4.03. The van der Waals surface area contributed by atoms with Gasteiger partial charge in [-0.2, -0.15) is 0 Å². The molecule has 0 aliphatic heterocycles. The van der Waals surface area contributed by atoms with Crippen LogP contribution in [-0.2, 0) is 20.8 Å². The van der Waals surface area contributed by atoms with Gasteiger partial charge in [0.2, 0.25) is 0 Å². The van der Waals surface area contributed by atoms with Crippen molar-refractivity contribution in [1.29, 1.82) is 0 Å². The van der Waals surface area contributed by atoms with Crippen LogP contribution in [0.5, 0.6) is 0 Å². The van der Waals surface area contributed by atoms with Crippen LogP contribution < -0.4 is 0 Å². The normalized spacial score (nSPS) is 11.7. The first-order valence-corrected chi connectivity index (χ1v) is 8.78. The summed E-state index contributed by atoms with van der Waals surface area (Å²) in [6.45, 7) is 11.0. The second kappa shape index (κ2) is 11.7. The molecule has 0 aromatic heterocycles. The molecular weight excluding hydrogens is 300 g/mol. The average molecular weight is 332 g/mol. The molecular formula is C21H32O3. The zero-order chi connectivity index (χ0) is 18.7. The van der Waals surface area contributed by atoms with E-state index in [1.54, 1.807) is 6.92 Å². The Bertz CT molecular complexity index is 515. The first kappa shape index (κ1) is 22.2. The van der Waals surface area contributed by atoms with E-state index < -0.39 is 0 Å². The molecule has 3 heteroatoms. The molecule has 0 fully saturated rings. The lowest BCUT2D eigenvalue weighted by molar-refractivity contribution is -0.129. The second-order valence-corrected chi connectivity index (χ2v) is 6.80. The van der Waals surface area contributed by atoms with Crippen LogP contribution in [0.2, 0.25) is 0 Å². The Hall–Kier alpha value is -1.77. The van der Waals surface area contributed by atoms with Gasteiger partial charge in [-0.15, -0.1) is 0 Å². The van der Waals surface area contributed by atoms with E-state index in [0.29, 0.717) is 19.3 Å². The lowest BCUT2D eigenvalue weighted by Gasteiger charge is -2.15. The Morgan fingerprint density at radius 1 is 0.875 bits per heavy atom. The number of Topliss-reactive ketones (excluding diaryl/α,β-unsaturated/α-hetero) is 3. The molecule has 0 N–H and O–H groups in total. The van der Waals surface area contributed by atoms with Crippen LogP contribution in [-0.4, -0.2) is 17.3 Å². The molecule has 0 heterocycles. The molecule has 1 aromatic carbocycles. The van der Waals surface area contributed by atoms with Gasteiger partial charge in [-0.05, 0) is 18.9 Å². The summed E-state index contributed by atoms with van der Waals surface area (Å²) in [5.41, 5.74) is 1.13. The maximum absolute atomic E-state index is 11.9. The molecule has 0 spiro atoms. The molecule has 0 amide bonds. The van der Waals surface area contributed by atoms with Crippen molar-refractivity contribution < 1.29 is 14.4 Å². The highest BCUT2D eigenvalue weighted by molar-refractivity contribution is 5.88. The SMILES string of the molecule is CC(=O)C(C)C.CCC(=O)[C@@H](CC(=O)C(C)C)Cc1ccccc1. The first-order chi connectivity index (χ1) is 11.2. The van der Waals surface area contributed by atoms with Crippen LogP contribution in [0.15, 0.2) is 30.3 Å². The number of carbonyl (C=O) groups excluding carboxylic acids is 3. The lowest BCUT2D eigenvalue weighted by Crippen LogP contribution is -2.22.